The molecule has 0 amide bonds. The second-order valence-corrected chi connectivity index (χ2v) is 4.12. The Kier molecular flexibility index (Phi) is 13.7. The van der Waals surface area contributed by atoms with Gasteiger partial charge in [0.2, 0.25) is 0 Å². The second kappa shape index (κ2) is 10.7. The number of nitrogens with one attached hydrogen (secondary N) is 2. The quantitative estimate of drug-likeness (QED) is 0.715. The average Bonchev–Trinajstić information content (AvgIpc) is 2.15. The van der Waals surface area contributed by atoms with Gasteiger partial charge in [0, 0.05) is 0 Å². The SMILES string of the molecule is CC(C)C([NH-])C(=O)O.CC(C)C([NH-])C(=O)O.[Pt+2]. The van der Waals surface area contributed by atoms with Crippen molar-refractivity contribution >= 4 is 11.9 Å². The minimum absolute atomic E-state index is 0. The predicted octanol–water partition coefficient (Wildman–Crippen LogP) is 2.29. The summed E-state index contributed by atoms with van der Waals surface area (Å²) in [5.41, 5.74) is 13.8. The van der Waals surface area contributed by atoms with E-state index in [1.54, 1.807) is 27.7 Å². The first-order valence-corrected chi connectivity index (χ1v) is 4.99. The molecule has 0 aromatic heterocycles. The Morgan fingerprint density at radius 3 is 1.00 bits per heavy atom. The van der Waals surface area contributed by atoms with Gasteiger partial charge in [-0.05, 0) is 12.1 Å². The van der Waals surface area contributed by atoms with Crippen molar-refractivity contribution in [3.05, 3.63) is 11.5 Å². The molecule has 6 nitrogen and oxygen atoms in total. The summed E-state index contributed by atoms with van der Waals surface area (Å²) in [5.74, 6) is -2.26. The minimum Gasteiger partial charge on any atom is -0.665 e. The number of carboxylic acid groups (broad SMARTS) is 2. The van der Waals surface area contributed by atoms with Gasteiger partial charge in [0.1, 0.15) is 0 Å². The van der Waals surface area contributed by atoms with E-state index in [4.69, 9.17) is 21.7 Å². The molecular weight excluding hydrogens is 407 g/mol. The summed E-state index contributed by atoms with van der Waals surface area (Å²) in [7, 11) is 0. The van der Waals surface area contributed by atoms with E-state index in [2.05, 4.69) is 0 Å². The third-order valence-electron chi connectivity index (χ3n) is 1.87. The zero-order valence-corrected chi connectivity index (χ0v) is 12.6. The van der Waals surface area contributed by atoms with Crippen LogP contribution < -0.4 is 0 Å². The Bertz CT molecular complexity index is 210. The van der Waals surface area contributed by atoms with Crippen LogP contribution in [0.25, 0.3) is 11.5 Å². The zero-order valence-electron chi connectivity index (χ0n) is 10.3. The molecule has 0 spiro atoms. The molecular formula is C10H20N2O4Pt. The molecule has 0 saturated carbocycles. The molecule has 0 aliphatic heterocycles. The van der Waals surface area contributed by atoms with Crippen LogP contribution in [0.3, 0.4) is 0 Å². The van der Waals surface area contributed by atoms with E-state index in [0.717, 1.165) is 0 Å². The fourth-order valence-corrected chi connectivity index (χ4v) is 0.570. The zero-order chi connectivity index (χ0) is 13.5. The molecule has 0 rings (SSSR count). The molecule has 7 heteroatoms. The summed E-state index contributed by atoms with van der Waals surface area (Å²) in [5, 5.41) is 16.3. The van der Waals surface area contributed by atoms with Gasteiger partial charge in [-0.3, -0.25) is 9.59 Å². The van der Waals surface area contributed by atoms with Crippen LogP contribution in [0.15, 0.2) is 0 Å². The Morgan fingerprint density at radius 2 is 1.00 bits per heavy atom. The predicted molar refractivity (Wildman–Crippen MR) is 61.2 cm³/mol. The van der Waals surface area contributed by atoms with E-state index in [9.17, 15) is 9.59 Å². The number of hydrogen-bond donors (Lipinski definition) is 2. The molecule has 0 fully saturated rings. The van der Waals surface area contributed by atoms with Crippen LogP contribution in [0.2, 0.25) is 0 Å². The van der Waals surface area contributed by atoms with E-state index in [1.165, 1.54) is 0 Å². The van der Waals surface area contributed by atoms with Crippen molar-refractivity contribution in [3.63, 3.8) is 0 Å². The molecule has 104 valence electrons. The van der Waals surface area contributed by atoms with Crippen molar-refractivity contribution in [2.24, 2.45) is 11.8 Å². The maximum Gasteiger partial charge on any atom is 2.00 e. The van der Waals surface area contributed by atoms with Gasteiger partial charge >= 0.3 is 21.1 Å². The Balaban J connectivity index is -0.000000218. The van der Waals surface area contributed by atoms with Gasteiger partial charge in [0.25, 0.3) is 11.9 Å². The molecule has 2 atom stereocenters. The van der Waals surface area contributed by atoms with E-state index in [-0.39, 0.29) is 32.9 Å². The summed E-state index contributed by atoms with van der Waals surface area (Å²) in [6.07, 6.45) is 0. The number of aliphatic carboxylic acids is 2. The van der Waals surface area contributed by atoms with Crippen molar-refractivity contribution in [2.75, 3.05) is 0 Å². The normalized spacial score (nSPS) is 13.2. The van der Waals surface area contributed by atoms with Crippen LogP contribution in [0.4, 0.5) is 0 Å². The Labute approximate surface area is 116 Å². The van der Waals surface area contributed by atoms with Crippen LogP contribution in [-0.4, -0.2) is 34.2 Å². The summed E-state index contributed by atoms with van der Waals surface area (Å²) >= 11 is 0. The van der Waals surface area contributed by atoms with Gasteiger partial charge in [-0.2, -0.15) is 0 Å². The summed E-state index contributed by atoms with van der Waals surface area (Å²) in [4.78, 5) is 19.9. The molecule has 0 aromatic carbocycles. The van der Waals surface area contributed by atoms with Crippen LogP contribution in [0.5, 0.6) is 0 Å². The van der Waals surface area contributed by atoms with Gasteiger partial charge in [0.05, 0.1) is 0 Å². The van der Waals surface area contributed by atoms with E-state index in [1.807, 2.05) is 0 Å². The van der Waals surface area contributed by atoms with Crippen molar-refractivity contribution < 1.29 is 40.9 Å². The molecule has 17 heavy (non-hydrogen) atoms. The van der Waals surface area contributed by atoms with E-state index in [0.29, 0.717) is 0 Å². The van der Waals surface area contributed by atoms with Gasteiger partial charge < -0.3 is 21.7 Å². The van der Waals surface area contributed by atoms with Gasteiger partial charge in [-0.15, -0.1) is 0 Å². The number of hydrogen-bond acceptors (Lipinski definition) is 2. The molecule has 2 unspecified atom stereocenters. The van der Waals surface area contributed by atoms with Crippen LogP contribution in [0.1, 0.15) is 27.7 Å². The fourth-order valence-electron chi connectivity index (χ4n) is 0.570. The van der Waals surface area contributed by atoms with Crippen LogP contribution in [-0.2, 0) is 30.7 Å². The van der Waals surface area contributed by atoms with E-state index >= 15 is 0 Å². The molecule has 0 heterocycles. The fraction of sp³-hybridized carbons (Fsp3) is 0.800. The van der Waals surface area contributed by atoms with Crippen molar-refractivity contribution in [1.29, 1.82) is 0 Å². The summed E-state index contributed by atoms with van der Waals surface area (Å²) in [6, 6.07) is -1.93. The first kappa shape index (κ1) is 21.8. The third-order valence-corrected chi connectivity index (χ3v) is 1.87. The van der Waals surface area contributed by atoms with Crippen molar-refractivity contribution in [3.8, 4) is 0 Å². The van der Waals surface area contributed by atoms with Crippen molar-refractivity contribution in [2.45, 2.75) is 39.8 Å². The van der Waals surface area contributed by atoms with Crippen molar-refractivity contribution in [1.82, 2.24) is 0 Å². The molecule has 0 aliphatic rings. The molecule has 0 bridgehead atoms. The second-order valence-electron chi connectivity index (χ2n) is 4.12. The van der Waals surface area contributed by atoms with Gasteiger partial charge in [-0.1, -0.05) is 39.5 Å². The first-order chi connectivity index (χ1) is 7.11. The first-order valence-electron chi connectivity index (χ1n) is 4.99. The maximum absolute atomic E-state index is 9.95. The smallest absolute Gasteiger partial charge is 0.665 e. The topological polar surface area (TPSA) is 122 Å². The third kappa shape index (κ3) is 11.8. The van der Waals surface area contributed by atoms with Crippen LogP contribution >= 0.6 is 0 Å². The number of carbonyl (C=O) groups is 2. The maximum atomic E-state index is 9.95. The van der Waals surface area contributed by atoms with Crippen LogP contribution in [0, 0.1) is 11.8 Å². The minimum atomic E-state index is -1.04. The number of carboxylic acids is 2. The summed E-state index contributed by atoms with van der Waals surface area (Å²) in [6.45, 7) is 6.86. The van der Waals surface area contributed by atoms with Gasteiger partial charge in [-0.25, -0.2) is 0 Å². The summed E-state index contributed by atoms with van der Waals surface area (Å²) < 4.78 is 0. The molecule has 4 N–H and O–H groups in total. The Hall–Kier alpha value is -0.452. The monoisotopic (exact) mass is 427 g/mol. The number of rotatable bonds is 4. The standard InChI is InChI=1S/2C5H10NO2.Pt/c2*1-3(2)4(6)5(7)8;/h2*3-4,6H,1-2H3,(H,7,8);/q2*-1;+2. The van der Waals surface area contributed by atoms with E-state index < -0.39 is 24.0 Å². The average molecular weight is 427 g/mol. The van der Waals surface area contributed by atoms with Gasteiger partial charge in [0.15, 0.2) is 0 Å². The molecule has 0 aliphatic carbocycles. The molecule has 0 aromatic rings. The molecule has 0 radical (unpaired) electrons. The molecule has 0 saturated heterocycles. The largest absolute Gasteiger partial charge is 2.00 e. The Morgan fingerprint density at radius 1 is 0.824 bits per heavy atom.